The molecule has 0 radical (unpaired) electrons. The Hall–Kier alpha value is -2.67. The summed E-state index contributed by atoms with van der Waals surface area (Å²) in [6.07, 6.45) is 1.27. The highest BCUT2D eigenvalue weighted by molar-refractivity contribution is 9.10. The molecule has 23 heavy (non-hydrogen) atoms. The molecule has 0 unspecified atom stereocenters. The summed E-state index contributed by atoms with van der Waals surface area (Å²) in [7, 11) is 1.58. The smallest absolute Gasteiger partial charge is 0.311 e. The van der Waals surface area contributed by atoms with E-state index < -0.39 is 4.92 Å². The first-order valence-electron chi connectivity index (χ1n) is 6.72. The van der Waals surface area contributed by atoms with E-state index >= 15 is 0 Å². The van der Waals surface area contributed by atoms with Crippen LogP contribution >= 0.6 is 15.9 Å². The third kappa shape index (κ3) is 3.09. The molecule has 1 heterocycles. The summed E-state index contributed by atoms with van der Waals surface area (Å²) in [6.45, 7) is 0. The lowest BCUT2D eigenvalue weighted by Crippen LogP contribution is -1.99. The van der Waals surface area contributed by atoms with Gasteiger partial charge in [0.2, 0.25) is 0 Å². The standard InChI is InChI=1S/C16H12BrN3O3/c1-23-12-5-3-11(4-6-12)19-16-13-8-10(17)2-7-14(13)18-9-15(16)20(21)22/h2-9H,1H3,(H,18,19). The van der Waals surface area contributed by atoms with Crippen molar-refractivity contribution in [2.75, 3.05) is 12.4 Å². The molecule has 0 saturated heterocycles. The monoisotopic (exact) mass is 373 g/mol. The number of benzene rings is 2. The van der Waals surface area contributed by atoms with Gasteiger partial charge in [-0.05, 0) is 42.5 Å². The van der Waals surface area contributed by atoms with Gasteiger partial charge < -0.3 is 10.1 Å². The number of nitrogens with one attached hydrogen (secondary N) is 1. The summed E-state index contributed by atoms with van der Waals surface area (Å²) in [5.41, 5.74) is 1.73. The second kappa shape index (κ2) is 6.21. The van der Waals surface area contributed by atoms with Gasteiger partial charge in [-0.15, -0.1) is 0 Å². The van der Waals surface area contributed by atoms with Crippen molar-refractivity contribution >= 4 is 43.9 Å². The lowest BCUT2D eigenvalue weighted by molar-refractivity contribution is -0.384. The van der Waals surface area contributed by atoms with E-state index in [1.807, 2.05) is 12.1 Å². The fourth-order valence-electron chi connectivity index (χ4n) is 2.24. The number of fused-ring (bicyclic) bond motifs is 1. The Balaban J connectivity index is 2.14. The van der Waals surface area contributed by atoms with E-state index in [2.05, 4.69) is 26.2 Å². The summed E-state index contributed by atoms with van der Waals surface area (Å²) in [4.78, 5) is 15.0. The third-order valence-electron chi connectivity index (χ3n) is 3.37. The number of nitrogens with zero attached hydrogens (tertiary/aromatic N) is 2. The highest BCUT2D eigenvalue weighted by Gasteiger charge is 2.18. The van der Waals surface area contributed by atoms with E-state index in [9.17, 15) is 10.1 Å². The van der Waals surface area contributed by atoms with Crippen LogP contribution in [0.1, 0.15) is 0 Å². The van der Waals surface area contributed by atoms with Crippen molar-refractivity contribution in [3.8, 4) is 5.75 Å². The number of hydrogen-bond acceptors (Lipinski definition) is 5. The quantitative estimate of drug-likeness (QED) is 0.531. The molecular weight excluding hydrogens is 362 g/mol. The topological polar surface area (TPSA) is 77.3 Å². The molecule has 1 N–H and O–H groups in total. The molecule has 2 aromatic carbocycles. The van der Waals surface area contributed by atoms with Gasteiger partial charge in [0, 0.05) is 15.5 Å². The Labute approximate surface area is 140 Å². The molecule has 0 aliphatic heterocycles. The van der Waals surface area contributed by atoms with Crippen molar-refractivity contribution in [3.05, 3.63) is 63.2 Å². The van der Waals surface area contributed by atoms with Gasteiger partial charge in [-0.25, -0.2) is 4.98 Å². The van der Waals surface area contributed by atoms with Crippen LogP contribution in [0.2, 0.25) is 0 Å². The van der Waals surface area contributed by atoms with Gasteiger partial charge >= 0.3 is 5.69 Å². The number of rotatable bonds is 4. The molecule has 6 nitrogen and oxygen atoms in total. The Morgan fingerprint density at radius 3 is 2.61 bits per heavy atom. The average molecular weight is 374 g/mol. The molecule has 0 atom stereocenters. The normalized spacial score (nSPS) is 10.5. The minimum atomic E-state index is -0.445. The Morgan fingerprint density at radius 1 is 1.22 bits per heavy atom. The van der Waals surface area contributed by atoms with Gasteiger partial charge in [-0.1, -0.05) is 15.9 Å². The fourth-order valence-corrected chi connectivity index (χ4v) is 2.60. The molecule has 0 spiro atoms. The van der Waals surface area contributed by atoms with Gasteiger partial charge in [0.05, 0.1) is 17.5 Å². The van der Waals surface area contributed by atoms with Crippen LogP contribution in [0.4, 0.5) is 17.1 Å². The first kappa shape index (κ1) is 15.2. The summed E-state index contributed by atoms with van der Waals surface area (Å²) in [5, 5.41) is 15.1. The molecule has 0 fully saturated rings. The maximum Gasteiger partial charge on any atom is 0.311 e. The lowest BCUT2D eigenvalue weighted by atomic mass is 10.1. The molecule has 7 heteroatoms. The maximum absolute atomic E-state index is 11.3. The molecule has 0 aliphatic carbocycles. The van der Waals surface area contributed by atoms with Crippen LogP contribution in [0.3, 0.4) is 0 Å². The van der Waals surface area contributed by atoms with E-state index in [1.54, 1.807) is 37.4 Å². The number of aromatic nitrogens is 1. The first-order valence-corrected chi connectivity index (χ1v) is 7.51. The number of halogens is 1. The van der Waals surface area contributed by atoms with Gasteiger partial charge in [-0.2, -0.15) is 0 Å². The van der Waals surface area contributed by atoms with Crippen molar-refractivity contribution in [1.29, 1.82) is 0 Å². The number of ether oxygens (including phenoxy) is 1. The Kier molecular flexibility index (Phi) is 4.12. The van der Waals surface area contributed by atoms with Gasteiger partial charge in [0.1, 0.15) is 17.6 Å². The first-order chi connectivity index (χ1) is 11.1. The lowest BCUT2D eigenvalue weighted by Gasteiger charge is -2.11. The van der Waals surface area contributed by atoms with Gasteiger partial charge in [-0.3, -0.25) is 10.1 Å². The number of pyridine rings is 1. The summed E-state index contributed by atoms with van der Waals surface area (Å²) in [6, 6.07) is 12.6. The Morgan fingerprint density at radius 2 is 1.96 bits per heavy atom. The predicted molar refractivity (Wildman–Crippen MR) is 92.4 cm³/mol. The Bertz CT molecular complexity index is 882. The van der Waals surface area contributed by atoms with Crippen molar-refractivity contribution in [1.82, 2.24) is 4.98 Å². The van der Waals surface area contributed by atoms with Crippen LogP contribution in [0.5, 0.6) is 5.75 Å². The van der Waals surface area contributed by atoms with E-state index in [0.717, 1.165) is 10.2 Å². The van der Waals surface area contributed by atoms with E-state index in [-0.39, 0.29) is 5.69 Å². The number of nitro groups is 1. The zero-order chi connectivity index (χ0) is 16.4. The van der Waals surface area contributed by atoms with Crippen molar-refractivity contribution < 1.29 is 9.66 Å². The minimum Gasteiger partial charge on any atom is -0.497 e. The van der Waals surface area contributed by atoms with Crippen molar-refractivity contribution in [2.24, 2.45) is 0 Å². The van der Waals surface area contributed by atoms with E-state index in [1.165, 1.54) is 6.20 Å². The molecule has 0 aliphatic rings. The fraction of sp³-hybridized carbons (Fsp3) is 0.0625. The van der Waals surface area contributed by atoms with Crippen molar-refractivity contribution in [2.45, 2.75) is 0 Å². The van der Waals surface area contributed by atoms with Crippen LogP contribution in [-0.4, -0.2) is 17.0 Å². The molecule has 1 aromatic heterocycles. The minimum absolute atomic E-state index is 0.0774. The number of methoxy groups -OCH3 is 1. The zero-order valence-electron chi connectivity index (χ0n) is 12.1. The summed E-state index contributed by atoms with van der Waals surface area (Å²) in [5.74, 6) is 0.715. The molecule has 0 amide bonds. The highest BCUT2D eigenvalue weighted by atomic mass is 79.9. The molecule has 0 saturated carbocycles. The van der Waals surface area contributed by atoms with Crippen LogP contribution < -0.4 is 10.1 Å². The SMILES string of the molecule is COc1ccc(Nc2c([N+](=O)[O-])cnc3ccc(Br)cc23)cc1. The molecule has 3 aromatic rings. The predicted octanol–water partition coefficient (Wildman–Crippen LogP) is 4.66. The van der Waals surface area contributed by atoms with Gasteiger partial charge in [0.25, 0.3) is 0 Å². The second-order valence-corrected chi connectivity index (χ2v) is 5.71. The highest BCUT2D eigenvalue weighted by Crippen LogP contribution is 2.35. The van der Waals surface area contributed by atoms with Crippen LogP contribution in [0, 0.1) is 10.1 Å². The zero-order valence-corrected chi connectivity index (χ0v) is 13.7. The summed E-state index contributed by atoms with van der Waals surface area (Å²) < 4.78 is 5.94. The van der Waals surface area contributed by atoms with Crippen molar-refractivity contribution in [3.63, 3.8) is 0 Å². The third-order valence-corrected chi connectivity index (χ3v) is 3.86. The molecule has 116 valence electrons. The van der Waals surface area contributed by atoms with Crippen LogP contribution in [-0.2, 0) is 0 Å². The van der Waals surface area contributed by atoms with E-state index in [0.29, 0.717) is 22.3 Å². The van der Waals surface area contributed by atoms with Gasteiger partial charge in [0.15, 0.2) is 0 Å². The van der Waals surface area contributed by atoms with Crippen LogP contribution in [0.15, 0.2) is 53.1 Å². The number of hydrogen-bond donors (Lipinski definition) is 1. The van der Waals surface area contributed by atoms with Crippen LogP contribution in [0.25, 0.3) is 10.9 Å². The molecule has 3 rings (SSSR count). The second-order valence-electron chi connectivity index (χ2n) is 4.79. The average Bonchev–Trinajstić information content (AvgIpc) is 2.55. The number of anilines is 2. The molecular formula is C16H12BrN3O3. The summed E-state index contributed by atoms with van der Waals surface area (Å²) >= 11 is 3.39. The van der Waals surface area contributed by atoms with E-state index in [4.69, 9.17) is 4.74 Å². The maximum atomic E-state index is 11.3. The molecule has 0 bridgehead atoms. The largest absolute Gasteiger partial charge is 0.497 e.